The van der Waals surface area contributed by atoms with Crippen LogP contribution in [0.15, 0.2) is 0 Å². The molecule has 246 valence electrons. The van der Waals surface area contributed by atoms with Crippen LogP contribution >= 0.6 is 0 Å². The summed E-state index contributed by atoms with van der Waals surface area (Å²) in [6, 6.07) is 0. The maximum absolute atomic E-state index is 12.6. The van der Waals surface area contributed by atoms with Crippen molar-refractivity contribution >= 4 is 14.9 Å². The van der Waals surface area contributed by atoms with Gasteiger partial charge in [0, 0.05) is 47.7 Å². The molecule has 0 spiro atoms. The molecule has 0 heterocycles. The fraction of sp³-hybridized carbons (Fsp3) is 0.964. The van der Waals surface area contributed by atoms with Crippen LogP contribution < -0.4 is 5.32 Å². The number of alkyl carbamates (subject to hydrolysis) is 1. The molecule has 1 amide bonds. The van der Waals surface area contributed by atoms with Gasteiger partial charge in [0.25, 0.3) is 0 Å². The van der Waals surface area contributed by atoms with Crippen LogP contribution in [0.1, 0.15) is 73.1 Å². The summed E-state index contributed by atoms with van der Waals surface area (Å²) in [5.74, 6) is 0.698. The largest absolute Gasteiger partial charge is 0.564 e. The van der Waals surface area contributed by atoms with E-state index in [1.54, 1.807) is 7.11 Å². The average Bonchev–Trinajstić information content (AvgIpc) is 2.94. The predicted molar refractivity (Wildman–Crippen MR) is 158 cm³/mol. The highest BCUT2D eigenvalue weighted by Crippen LogP contribution is 2.35. The number of hydrogen-bond acceptors (Lipinski definition) is 11. The molecule has 0 aliphatic heterocycles. The molecule has 2 atom stereocenters. The first-order valence-corrected chi connectivity index (χ1v) is 16.7. The number of amides is 1. The summed E-state index contributed by atoms with van der Waals surface area (Å²) in [6.07, 6.45) is 3.67. The Morgan fingerprint density at radius 1 is 0.780 bits per heavy atom. The van der Waals surface area contributed by atoms with E-state index in [0.717, 1.165) is 19.3 Å². The zero-order chi connectivity index (χ0) is 30.8. The lowest BCUT2D eigenvalue weighted by atomic mass is 10.0. The van der Waals surface area contributed by atoms with E-state index in [0.29, 0.717) is 65.4 Å². The zero-order valence-corrected chi connectivity index (χ0v) is 28.0. The smallest absolute Gasteiger partial charge is 0.419 e. The summed E-state index contributed by atoms with van der Waals surface area (Å²) in [7, 11) is 0.962. The predicted octanol–water partition coefficient (Wildman–Crippen LogP) is 4.31. The normalized spacial score (nSPS) is 14.3. The molecule has 1 N–H and O–H groups in total. The maximum atomic E-state index is 12.6. The molecule has 0 rings (SSSR count). The van der Waals surface area contributed by atoms with Crippen LogP contribution in [0.5, 0.6) is 0 Å². The van der Waals surface area contributed by atoms with Gasteiger partial charge in [-0.15, -0.1) is 0 Å². The number of ether oxygens (including phenoxy) is 7. The first kappa shape index (κ1) is 40.1. The van der Waals surface area contributed by atoms with Crippen LogP contribution in [0.3, 0.4) is 0 Å². The standard InChI is InChI=1S/C28H59NO11Si/c1-9-37-41(38-10-2,39-11-3)28(33-8,36-18-15-13-12-14-16-25(4)5)24-26(32-7)40-27(30)29-17-19-34-22-23-35-21-20-31-6/h25-26H,9-24H2,1-8H3,(H,29,30). The van der Waals surface area contributed by atoms with Crippen molar-refractivity contribution in [3.8, 4) is 0 Å². The monoisotopic (exact) mass is 613 g/mol. The first-order valence-electron chi connectivity index (χ1n) is 15.0. The fourth-order valence-electron chi connectivity index (χ4n) is 4.05. The number of carbonyl (C=O) groups excluding carboxylic acids is 1. The van der Waals surface area contributed by atoms with Crippen molar-refractivity contribution in [1.29, 1.82) is 0 Å². The van der Waals surface area contributed by atoms with Gasteiger partial charge in [-0.1, -0.05) is 39.5 Å². The van der Waals surface area contributed by atoms with Crippen molar-refractivity contribution in [3.63, 3.8) is 0 Å². The first-order chi connectivity index (χ1) is 19.8. The summed E-state index contributed by atoms with van der Waals surface area (Å²) in [4.78, 5) is 12.6. The lowest BCUT2D eigenvalue weighted by Crippen LogP contribution is -2.68. The zero-order valence-electron chi connectivity index (χ0n) is 27.0. The summed E-state index contributed by atoms with van der Waals surface area (Å²) in [5, 5.41) is 2.67. The van der Waals surface area contributed by atoms with Crippen LogP contribution in [0.4, 0.5) is 4.79 Å². The Kier molecular flexibility index (Phi) is 25.1. The molecular formula is C28H59NO11Si. The fourth-order valence-corrected chi connectivity index (χ4v) is 7.05. The summed E-state index contributed by atoms with van der Waals surface area (Å²) < 4.78 is 57.8. The molecule has 0 radical (unpaired) electrons. The van der Waals surface area contributed by atoms with E-state index < -0.39 is 26.6 Å². The van der Waals surface area contributed by atoms with Crippen molar-refractivity contribution in [3.05, 3.63) is 0 Å². The molecule has 0 saturated heterocycles. The van der Waals surface area contributed by atoms with Crippen molar-refractivity contribution in [2.45, 2.75) is 84.8 Å². The Labute approximate surface area is 249 Å². The van der Waals surface area contributed by atoms with Crippen molar-refractivity contribution in [1.82, 2.24) is 5.32 Å². The van der Waals surface area contributed by atoms with Gasteiger partial charge >= 0.3 is 14.9 Å². The Bertz CT molecular complexity index is 601. The highest BCUT2D eigenvalue weighted by molar-refractivity contribution is 6.63. The molecule has 0 aromatic rings. The second-order valence-electron chi connectivity index (χ2n) is 9.68. The van der Waals surface area contributed by atoms with E-state index in [1.807, 2.05) is 20.8 Å². The molecule has 12 nitrogen and oxygen atoms in total. The van der Waals surface area contributed by atoms with Crippen LogP contribution in [-0.4, -0.2) is 114 Å². The molecule has 41 heavy (non-hydrogen) atoms. The summed E-state index contributed by atoms with van der Waals surface area (Å²) in [6.45, 7) is 13.9. The van der Waals surface area contributed by atoms with E-state index >= 15 is 0 Å². The molecule has 0 aromatic carbocycles. The summed E-state index contributed by atoms with van der Waals surface area (Å²) in [5.41, 5.74) is -1.46. The molecule has 0 fully saturated rings. The van der Waals surface area contributed by atoms with Gasteiger partial charge in [0.1, 0.15) is 0 Å². The van der Waals surface area contributed by atoms with Gasteiger partial charge in [-0.2, -0.15) is 0 Å². The van der Waals surface area contributed by atoms with Gasteiger partial charge in [-0.3, -0.25) is 0 Å². The Morgan fingerprint density at radius 2 is 1.37 bits per heavy atom. The van der Waals surface area contributed by atoms with Crippen molar-refractivity contribution in [2.24, 2.45) is 5.92 Å². The molecule has 0 aromatic heterocycles. The second-order valence-corrected chi connectivity index (χ2v) is 12.4. The lowest BCUT2D eigenvalue weighted by Gasteiger charge is -2.44. The van der Waals surface area contributed by atoms with Crippen LogP contribution in [-0.2, 0) is 46.4 Å². The SMILES string of the molecule is CCO[Si](OCC)(OCC)C(CC(OC)OC(=O)NCCOCCOCCOC)(OC)OCCCCCCC(C)C. The van der Waals surface area contributed by atoms with Gasteiger partial charge in [0.05, 0.1) is 46.1 Å². The Balaban J connectivity index is 5.29. The third-order valence-corrected chi connectivity index (χ3v) is 9.56. The van der Waals surface area contributed by atoms with Gasteiger partial charge < -0.3 is 51.8 Å². The van der Waals surface area contributed by atoms with E-state index in [4.69, 9.17) is 46.4 Å². The minimum atomic E-state index is -3.62. The quantitative estimate of drug-likeness (QED) is 0.0738. The van der Waals surface area contributed by atoms with Crippen LogP contribution in [0, 0.1) is 5.92 Å². The second kappa shape index (κ2) is 25.6. The van der Waals surface area contributed by atoms with Crippen LogP contribution in [0.25, 0.3) is 0 Å². The number of methoxy groups -OCH3 is 3. The highest BCUT2D eigenvalue weighted by Gasteiger charge is 2.65. The third-order valence-electron chi connectivity index (χ3n) is 6.07. The molecule has 13 heteroatoms. The molecule has 0 aliphatic rings. The number of unbranched alkanes of at least 4 members (excludes halogenated alkanes) is 3. The molecule has 0 saturated carbocycles. The molecular weight excluding hydrogens is 554 g/mol. The Hall–Kier alpha value is -0.873. The van der Waals surface area contributed by atoms with Gasteiger partial charge in [0.2, 0.25) is 11.7 Å². The molecule has 0 bridgehead atoms. The maximum Gasteiger partial charge on any atom is 0.564 e. The minimum Gasteiger partial charge on any atom is -0.419 e. The number of hydrogen-bond donors (Lipinski definition) is 1. The third kappa shape index (κ3) is 17.1. The van der Waals surface area contributed by atoms with E-state index in [-0.39, 0.29) is 13.0 Å². The van der Waals surface area contributed by atoms with Gasteiger partial charge in [-0.25, -0.2) is 4.79 Å². The van der Waals surface area contributed by atoms with E-state index in [1.165, 1.54) is 27.1 Å². The van der Waals surface area contributed by atoms with Crippen molar-refractivity contribution in [2.75, 3.05) is 87.3 Å². The lowest BCUT2D eigenvalue weighted by molar-refractivity contribution is -0.244. The highest BCUT2D eigenvalue weighted by atomic mass is 28.4. The van der Waals surface area contributed by atoms with Crippen LogP contribution in [0.2, 0.25) is 0 Å². The molecule has 0 aliphatic carbocycles. The van der Waals surface area contributed by atoms with E-state index in [9.17, 15) is 4.79 Å². The van der Waals surface area contributed by atoms with Crippen molar-refractivity contribution < 1.29 is 51.2 Å². The summed E-state index contributed by atoms with van der Waals surface area (Å²) >= 11 is 0. The van der Waals surface area contributed by atoms with Gasteiger partial charge in [-0.05, 0) is 33.1 Å². The average molecular weight is 614 g/mol. The van der Waals surface area contributed by atoms with E-state index in [2.05, 4.69) is 19.2 Å². The topological polar surface area (TPSA) is 121 Å². The number of carbonyl (C=O) groups is 1. The van der Waals surface area contributed by atoms with Gasteiger partial charge in [0.15, 0.2) is 0 Å². The number of nitrogens with one attached hydrogen (secondary N) is 1. The minimum absolute atomic E-state index is 0.0116. The molecule has 2 unspecified atom stereocenters. The Morgan fingerprint density at radius 3 is 1.90 bits per heavy atom. The number of rotatable bonds is 29.